The summed E-state index contributed by atoms with van der Waals surface area (Å²) in [4.78, 5) is 12.4. The van der Waals surface area contributed by atoms with Crippen LogP contribution in [0, 0.1) is 0 Å². The van der Waals surface area contributed by atoms with Gasteiger partial charge in [-0.25, -0.2) is 4.79 Å². The predicted molar refractivity (Wildman–Crippen MR) is 116 cm³/mol. The molecule has 1 atom stereocenters. The first-order chi connectivity index (χ1) is 15.0. The summed E-state index contributed by atoms with van der Waals surface area (Å²) in [5.41, 5.74) is 1.16. The molecule has 1 saturated heterocycles. The van der Waals surface area contributed by atoms with Crippen LogP contribution in [0.3, 0.4) is 0 Å². The maximum atomic E-state index is 11.0. The molecule has 1 aliphatic rings. The topological polar surface area (TPSA) is 111 Å². The van der Waals surface area contributed by atoms with Crippen LogP contribution < -0.4 is 14.8 Å². The zero-order valence-corrected chi connectivity index (χ0v) is 17.4. The molecule has 2 aromatic carbocycles. The number of likely N-dealkylation sites (tertiary alicyclic amines) is 1. The van der Waals surface area contributed by atoms with Crippen LogP contribution >= 0.6 is 0 Å². The number of amides is 1. The van der Waals surface area contributed by atoms with Crippen molar-refractivity contribution in [3.63, 3.8) is 0 Å². The Morgan fingerprint density at radius 2 is 1.71 bits per heavy atom. The number of aliphatic hydroxyl groups is 1. The highest BCUT2D eigenvalue weighted by molar-refractivity contribution is 5.65. The lowest BCUT2D eigenvalue weighted by Gasteiger charge is -2.30. The van der Waals surface area contributed by atoms with Gasteiger partial charge in [0.15, 0.2) is 0 Å². The number of carboxylic acid groups (broad SMARTS) is 1. The van der Waals surface area contributed by atoms with E-state index in [1.807, 2.05) is 24.3 Å². The fourth-order valence-electron chi connectivity index (χ4n) is 3.39. The smallest absolute Gasteiger partial charge is 0.407 e. The van der Waals surface area contributed by atoms with Crippen LogP contribution in [0.1, 0.15) is 18.4 Å². The molecule has 4 N–H and O–H groups in total. The number of rotatable bonds is 10. The average Bonchev–Trinajstić information content (AvgIpc) is 2.78. The minimum Gasteiger partial charge on any atom is -0.508 e. The monoisotopic (exact) mass is 430 g/mol. The van der Waals surface area contributed by atoms with Gasteiger partial charge < -0.3 is 35.0 Å². The van der Waals surface area contributed by atoms with Gasteiger partial charge in [-0.3, -0.25) is 0 Å². The summed E-state index contributed by atoms with van der Waals surface area (Å²) in [5, 5.41) is 31.5. The van der Waals surface area contributed by atoms with Crippen LogP contribution in [-0.4, -0.2) is 71.3 Å². The molecule has 0 unspecified atom stereocenters. The van der Waals surface area contributed by atoms with Crippen molar-refractivity contribution < 1.29 is 29.6 Å². The van der Waals surface area contributed by atoms with Crippen LogP contribution in [0.15, 0.2) is 48.5 Å². The van der Waals surface area contributed by atoms with Gasteiger partial charge >= 0.3 is 6.09 Å². The lowest BCUT2D eigenvalue weighted by Crippen LogP contribution is -2.41. The highest BCUT2D eigenvalue weighted by Gasteiger charge is 2.23. The average molecular weight is 431 g/mol. The Morgan fingerprint density at radius 1 is 1.06 bits per heavy atom. The van der Waals surface area contributed by atoms with E-state index in [4.69, 9.17) is 14.6 Å². The second kappa shape index (κ2) is 11.4. The van der Waals surface area contributed by atoms with E-state index in [1.54, 1.807) is 12.1 Å². The summed E-state index contributed by atoms with van der Waals surface area (Å²) in [6.45, 7) is 2.35. The number of hydrogen-bond acceptors (Lipinski definition) is 6. The third-order valence-corrected chi connectivity index (χ3v) is 5.19. The molecule has 168 valence electrons. The summed E-state index contributed by atoms with van der Waals surface area (Å²) in [6, 6.07) is 14.3. The fourth-order valence-corrected chi connectivity index (χ4v) is 3.39. The van der Waals surface area contributed by atoms with E-state index < -0.39 is 12.2 Å². The number of nitrogens with one attached hydrogen (secondary N) is 1. The number of aromatic hydroxyl groups is 1. The standard InChI is InChI=1S/C23H30N2O6/c26-18-3-7-20(8-4-18)30-16-19(27)15-24-12-9-17-1-5-21(6-2-17)31-22-10-13-25(14-11-22)23(28)29/h1-8,19,22,24,26-27H,9-16H2,(H,28,29)/t19-/m0/s1. The van der Waals surface area contributed by atoms with Crippen molar-refractivity contribution in [3.8, 4) is 17.2 Å². The van der Waals surface area contributed by atoms with Gasteiger partial charge in [-0.05, 0) is 54.9 Å². The van der Waals surface area contributed by atoms with Crippen molar-refractivity contribution >= 4 is 6.09 Å². The molecule has 0 radical (unpaired) electrons. The van der Waals surface area contributed by atoms with Gasteiger partial charge in [-0.2, -0.15) is 0 Å². The van der Waals surface area contributed by atoms with Gasteiger partial charge in [0.2, 0.25) is 0 Å². The quantitative estimate of drug-likeness (QED) is 0.429. The van der Waals surface area contributed by atoms with Crippen LogP contribution in [-0.2, 0) is 6.42 Å². The molecular weight excluding hydrogens is 400 g/mol. The number of hydrogen-bond donors (Lipinski definition) is 4. The molecule has 1 amide bonds. The van der Waals surface area contributed by atoms with E-state index in [1.165, 1.54) is 17.0 Å². The minimum absolute atomic E-state index is 0.0494. The molecule has 31 heavy (non-hydrogen) atoms. The third-order valence-electron chi connectivity index (χ3n) is 5.19. The molecule has 8 nitrogen and oxygen atoms in total. The number of aliphatic hydroxyl groups excluding tert-OH is 1. The summed E-state index contributed by atoms with van der Waals surface area (Å²) < 4.78 is 11.5. The molecular formula is C23H30N2O6. The lowest BCUT2D eigenvalue weighted by molar-refractivity contribution is 0.0894. The van der Waals surface area contributed by atoms with Gasteiger partial charge in [-0.15, -0.1) is 0 Å². The van der Waals surface area contributed by atoms with Crippen molar-refractivity contribution in [2.75, 3.05) is 32.8 Å². The van der Waals surface area contributed by atoms with Crippen LogP contribution in [0.2, 0.25) is 0 Å². The second-order valence-electron chi connectivity index (χ2n) is 7.64. The highest BCUT2D eigenvalue weighted by atomic mass is 16.5. The summed E-state index contributed by atoms with van der Waals surface area (Å²) >= 11 is 0. The Balaban J connectivity index is 1.29. The predicted octanol–water partition coefficient (Wildman–Crippen LogP) is 2.49. The number of nitrogens with zero attached hydrogens (tertiary/aromatic N) is 1. The van der Waals surface area contributed by atoms with Gasteiger partial charge in [0.25, 0.3) is 0 Å². The van der Waals surface area contributed by atoms with Crippen LogP contribution in [0.4, 0.5) is 4.79 Å². The largest absolute Gasteiger partial charge is 0.508 e. The van der Waals surface area contributed by atoms with Crippen molar-refractivity contribution in [1.29, 1.82) is 0 Å². The maximum absolute atomic E-state index is 11.0. The number of benzene rings is 2. The Hall–Kier alpha value is -2.97. The van der Waals surface area contributed by atoms with E-state index in [9.17, 15) is 15.0 Å². The zero-order valence-electron chi connectivity index (χ0n) is 17.4. The van der Waals surface area contributed by atoms with Crippen molar-refractivity contribution in [3.05, 3.63) is 54.1 Å². The first-order valence-electron chi connectivity index (χ1n) is 10.5. The molecule has 2 aromatic rings. The number of piperidine rings is 1. The fraction of sp³-hybridized carbons (Fsp3) is 0.435. The number of ether oxygens (including phenoxy) is 2. The zero-order chi connectivity index (χ0) is 22.1. The summed E-state index contributed by atoms with van der Waals surface area (Å²) in [7, 11) is 0. The van der Waals surface area contributed by atoms with E-state index in [0.29, 0.717) is 38.2 Å². The van der Waals surface area contributed by atoms with Crippen molar-refractivity contribution in [2.45, 2.75) is 31.5 Å². The van der Waals surface area contributed by atoms with E-state index in [0.717, 1.165) is 24.3 Å². The van der Waals surface area contributed by atoms with Crippen LogP contribution in [0.5, 0.6) is 17.2 Å². The molecule has 0 bridgehead atoms. The van der Waals surface area contributed by atoms with Crippen LogP contribution in [0.25, 0.3) is 0 Å². The van der Waals surface area contributed by atoms with Gasteiger partial charge in [0.05, 0.1) is 0 Å². The van der Waals surface area contributed by atoms with Gasteiger partial charge in [-0.1, -0.05) is 12.1 Å². The SMILES string of the molecule is O=C(O)N1CCC(Oc2ccc(CCNC[C@H](O)COc3ccc(O)cc3)cc2)CC1. The maximum Gasteiger partial charge on any atom is 0.407 e. The second-order valence-corrected chi connectivity index (χ2v) is 7.64. The first kappa shape index (κ1) is 22.7. The third kappa shape index (κ3) is 7.66. The Labute approximate surface area is 182 Å². The molecule has 1 heterocycles. The molecule has 1 fully saturated rings. The molecule has 3 rings (SSSR count). The van der Waals surface area contributed by atoms with E-state index in [2.05, 4.69) is 5.32 Å². The highest BCUT2D eigenvalue weighted by Crippen LogP contribution is 2.20. The van der Waals surface area contributed by atoms with Gasteiger partial charge in [0, 0.05) is 32.5 Å². The molecule has 1 aliphatic heterocycles. The molecule has 0 saturated carbocycles. The first-order valence-corrected chi connectivity index (χ1v) is 10.5. The summed E-state index contributed by atoms with van der Waals surface area (Å²) in [5.74, 6) is 1.58. The van der Waals surface area contributed by atoms with Gasteiger partial charge in [0.1, 0.15) is 36.1 Å². The van der Waals surface area contributed by atoms with E-state index in [-0.39, 0.29) is 18.5 Å². The molecule has 0 aromatic heterocycles. The molecule has 8 heteroatoms. The number of phenols is 1. The lowest BCUT2D eigenvalue weighted by atomic mass is 10.1. The van der Waals surface area contributed by atoms with Crippen molar-refractivity contribution in [1.82, 2.24) is 10.2 Å². The Bertz CT molecular complexity index is 804. The normalized spacial score (nSPS) is 15.5. The number of phenolic OH excluding ortho intramolecular Hbond substituents is 1. The molecule has 0 aliphatic carbocycles. The number of carbonyl (C=O) groups is 1. The molecule has 0 spiro atoms. The Kier molecular flexibility index (Phi) is 8.37. The van der Waals surface area contributed by atoms with Crippen molar-refractivity contribution in [2.24, 2.45) is 0 Å². The van der Waals surface area contributed by atoms with E-state index >= 15 is 0 Å². The minimum atomic E-state index is -0.867. The summed E-state index contributed by atoms with van der Waals surface area (Å²) in [6.07, 6.45) is 0.787. The Morgan fingerprint density at radius 3 is 2.35 bits per heavy atom.